The summed E-state index contributed by atoms with van der Waals surface area (Å²) in [6.45, 7) is 1.78. The normalized spacial score (nSPS) is 10.6. The number of furan rings is 1. The van der Waals surface area contributed by atoms with Crippen LogP contribution in [0.15, 0.2) is 40.1 Å². The molecule has 0 spiro atoms. The number of aromatic nitrogens is 1. The van der Waals surface area contributed by atoms with E-state index in [9.17, 15) is 4.79 Å². The first kappa shape index (κ1) is 15.6. The Morgan fingerprint density at radius 3 is 2.83 bits per heavy atom. The molecule has 0 bridgehead atoms. The molecule has 1 N–H and O–H groups in total. The van der Waals surface area contributed by atoms with Crippen molar-refractivity contribution >= 4 is 34.0 Å². The van der Waals surface area contributed by atoms with Crippen molar-refractivity contribution < 1.29 is 13.9 Å². The first-order valence-corrected chi connectivity index (χ1v) is 8.00. The van der Waals surface area contributed by atoms with Gasteiger partial charge in [0.2, 0.25) is 0 Å². The van der Waals surface area contributed by atoms with Crippen LogP contribution in [0.4, 0.5) is 5.13 Å². The van der Waals surface area contributed by atoms with Crippen LogP contribution in [-0.4, -0.2) is 18.0 Å². The molecular weight excluding hydrogens is 336 g/mol. The van der Waals surface area contributed by atoms with Gasteiger partial charge in [0.05, 0.1) is 17.8 Å². The monoisotopic (exact) mass is 348 g/mol. The second-order valence-electron chi connectivity index (χ2n) is 4.75. The highest BCUT2D eigenvalue weighted by Gasteiger charge is 2.13. The minimum atomic E-state index is -0.327. The zero-order chi connectivity index (χ0) is 16.4. The third-order valence-corrected chi connectivity index (χ3v) is 4.19. The third-order valence-electron chi connectivity index (χ3n) is 3.14. The maximum Gasteiger partial charge on any atom is 0.293 e. The van der Waals surface area contributed by atoms with E-state index in [2.05, 4.69) is 10.3 Å². The largest absolute Gasteiger partial charge is 0.495 e. The van der Waals surface area contributed by atoms with Gasteiger partial charge in [-0.1, -0.05) is 11.6 Å². The lowest BCUT2D eigenvalue weighted by molar-refractivity contribution is 0.0995. The van der Waals surface area contributed by atoms with Gasteiger partial charge in [0.25, 0.3) is 5.91 Å². The SMILES string of the molecule is COc1ccc(-c2csc(NC(=O)c3ccc(C)o3)n2)cc1Cl. The number of hydrogen-bond donors (Lipinski definition) is 1. The quantitative estimate of drug-likeness (QED) is 0.746. The molecule has 3 rings (SSSR count). The topological polar surface area (TPSA) is 64.4 Å². The van der Waals surface area contributed by atoms with E-state index < -0.39 is 0 Å². The van der Waals surface area contributed by atoms with Crippen molar-refractivity contribution in [3.63, 3.8) is 0 Å². The number of rotatable bonds is 4. The number of benzene rings is 1. The van der Waals surface area contributed by atoms with E-state index in [0.717, 1.165) is 11.3 Å². The standard InChI is InChI=1S/C16H13ClN2O3S/c1-9-3-5-14(22-9)15(20)19-16-18-12(8-23-16)10-4-6-13(21-2)11(17)7-10/h3-8H,1-2H3,(H,18,19,20). The van der Waals surface area contributed by atoms with Crippen LogP contribution < -0.4 is 10.1 Å². The van der Waals surface area contributed by atoms with Crippen LogP contribution in [0.25, 0.3) is 11.3 Å². The molecule has 0 fully saturated rings. The number of aryl methyl sites for hydroxylation is 1. The van der Waals surface area contributed by atoms with Crippen molar-refractivity contribution in [2.24, 2.45) is 0 Å². The van der Waals surface area contributed by atoms with E-state index in [4.69, 9.17) is 20.8 Å². The molecule has 1 aromatic carbocycles. The minimum absolute atomic E-state index is 0.256. The van der Waals surface area contributed by atoms with Crippen molar-refractivity contribution in [3.05, 3.63) is 52.3 Å². The first-order chi connectivity index (χ1) is 11.1. The zero-order valence-electron chi connectivity index (χ0n) is 12.4. The molecule has 7 heteroatoms. The molecule has 0 saturated heterocycles. The summed E-state index contributed by atoms with van der Waals surface area (Å²) >= 11 is 7.45. The van der Waals surface area contributed by atoms with Crippen molar-refractivity contribution in [2.75, 3.05) is 12.4 Å². The smallest absolute Gasteiger partial charge is 0.293 e. The Hall–Kier alpha value is -2.31. The summed E-state index contributed by atoms with van der Waals surface area (Å²) in [4.78, 5) is 16.4. The fourth-order valence-electron chi connectivity index (χ4n) is 2.00. The summed E-state index contributed by atoms with van der Waals surface area (Å²) in [5, 5.41) is 5.56. The van der Waals surface area contributed by atoms with Gasteiger partial charge in [-0.15, -0.1) is 11.3 Å². The van der Waals surface area contributed by atoms with Gasteiger partial charge in [-0.3, -0.25) is 10.1 Å². The van der Waals surface area contributed by atoms with E-state index in [1.54, 1.807) is 38.3 Å². The molecule has 0 saturated carbocycles. The molecule has 3 aromatic rings. The predicted octanol–water partition coefficient (Wildman–Crippen LogP) is 4.63. The van der Waals surface area contributed by atoms with Crippen LogP contribution in [0.1, 0.15) is 16.3 Å². The Bertz CT molecular complexity index is 857. The Kier molecular flexibility index (Phi) is 4.36. The van der Waals surface area contributed by atoms with Gasteiger partial charge in [-0.05, 0) is 37.3 Å². The number of carbonyl (C=O) groups is 1. The summed E-state index contributed by atoms with van der Waals surface area (Å²) in [6, 6.07) is 8.78. The first-order valence-electron chi connectivity index (χ1n) is 6.74. The van der Waals surface area contributed by atoms with E-state index in [-0.39, 0.29) is 11.7 Å². The molecule has 0 radical (unpaired) electrons. The van der Waals surface area contributed by atoms with E-state index in [0.29, 0.717) is 21.7 Å². The number of amides is 1. The van der Waals surface area contributed by atoms with Crippen LogP contribution in [-0.2, 0) is 0 Å². The molecule has 0 unspecified atom stereocenters. The average Bonchev–Trinajstić information content (AvgIpc) is 3.16. The van der Waals surface area contributed by atoms with E-state index >= 15 is 0 Å². The Morgan fingerprint density at radius 1 is 1.35 bits per heavy atom. The molecule has 0 aliphatic heterocycles. The molecular formula is C16H13ClN2O3S. The molecule has 2 heterocycles. The molecule has 0 aliphatic rings. The highest BCUT2D eigenvalue weighted by Crippen LogP contribution is 2.31. The Balaban J connectivity index is 1.78. The molecule has 118 valence electrons. The molecule has 5 nitrogen and oxygen atoms in total. The second-order valence-corrected chi connectivity index (χ2v) is 6.02. The number of hydrogen-bond acceptors (Lipinski definition) is 5. The van der Waals surface area contributed by atoms with Gasteiger partial charge >= 0.3 is 0 Å². The number of halogens is 1. The summed E-state index contributed by atoms with van der Waals surface area (Å²) in [7, 11) is 1.56. The summed E-state index contributed by atoms with van der Waals surface area (Å²) in [6.07, 6.45) is 0. The van der Waals surface area contributed by atoms with Crippen molar-refractivity contribution in [1.82, 2.24) is 4.98 Å². The van der Waals surface area contributed by atoms with E-state index in [1.807, 2.05) is 11.4 Å². The lowest BCUT2D eigenvalue weighted by atomic mass is 10.2. The number of ether oxygens (including phenoxy) is 1. The van der Waals surface area contributed by atoms with Gasteiger partial charge in [-0.2, -0.15) is 0 Å². The molecule has 0 aliphatic carbocycles. The second kappa shape index (κ2) is 6.44. The fourth-order valence-corrected chi connectivity index (χ4v) is 2.98. The average molecular weight is 349 g/mol. The van der Waals surface area contributed by atoms with Crippen LogP contribution in [0.3, 0.4) is 0 Å². The molecule has 23 heavy (non-hydrogen) atoms. The van der Waals surface area contributed by atoms with Crippen molar-refractivity contribution in [2.45, 2.75) is 6.92 Å². The van der Waals surface area contributed by atoms with Gasteiger partial charge in [0.1, 0.15) is 11.5 Å². The highest BCUT2D eigenvalue weighted by atomic mass is 35.5. The third kappa shape index (κ3) is 3.38. The number of nitrogens with one attached hydrogen (secondary N) is 1. The maximum atomic E-state index is 12.0. The van der Waals surface area contributed by atoms with Crippen LogP contribution in [0.2, 0.25) is 5.02 Å². The van der Waals surface area contributed by atoms with Gasteiger partial charge in [0.15, 0.2) is 10.9 Å². The number of nitrogens with zero attached hydrogens (tertiary/aromatic N) is 1. The van der Waals surface area contributed by atoms with Crippen LogP contribution in [0, 0.1) is 6.92 Å². The van der Waals surface area contributed by atoms with Crippen molar-refractivity contribution in [1.29, 1.82) is 0 Å². The fraction of sp³-hybridized carbons (Fsp3) is 0.125. The lowest BCUT2D eigenvalue weighted by Crippen LogP contribution is -2.10. The molecule has 2 aromatic heterocycles. The molecule has 0 atom stereocenters. The summed E-state index contributed by atoms with van der Waals surface area (Å²) < 4.78 is 10.4. The molecule has 1 amide bonds. The van der Waals surface area contributed by atoms with Gasteiger partial charge in [-0.25, -0.2) is 4.98 Å². The number of thiazole rings is 1. The maximum absolute atomic E-state index is 12.0. The van der Waals surface area contributed by atoms with Crippen LogP contribution in [0.5, 0.6) is 5.75 Å². The minimum Gasteiger partial charge on any atom is -0.495 e. The van der Waals surface area contributed by atoms with Gasteiger partial charge < -0.3 is 9.15 Å². The lowest BCUT2D eigenvalue weighted by Gasteiger charge is -2.04. The highest BCUT2D eigenvalue weighted by molar-refractivity contribution is 7.14. The van der Waals surface area contributed by atoms with Gasteiger partial charge in [0, 0.05) is 10.9 Å². The summed E-state index contributed by atoms with van der Waals surface area (Å²) in [5.41, 5.74) is 1.58. The summed E-state index contributed by atoms with van der Waals surface area (Å²) in [5.74, 6) is 1.22. The Labute approximate surface area is 141 Å². The number of methoxy groups -OCH3 is 1. The van der Waals surface area contributed by atoms with E-state index in [1.165, 1.54) is 11.3 Å². The van der Waals surface area contributed by atoms with Crippen molar-refractivity contribution in [3.8, 4) is 17.0 Å². The van der Waals surface area contributed by atoms with Crippen LogP contribution >= 0.6 is 22.9 Å². The number of carbonyl (C=O) groups excluding carboxylic acids is 1. The zero-order valence-corrected chi connectivity index (χ0v) is 14.0. The predicted molar refractivity (Wildman–Crippen MR) is 90.5 cm³/mol. The Morgan fingerprint density at radius 2 is 2.17 bits per heavy atom. The number of anilines is 1.